The third kappa shape index (κ3) is 3.88. The molecule has 0 fully saturated rings. The maximum Gasteiger partial charge on any atom is 0.191 e. The molecule has 0 aromatic heterocycles. The largest absolute Gasteiger partial charge is 0.497 e. The minimum absolute atomic E-state index is 0.157. The zero-order chi connectivity index (χ0) is 15.9. The smallest absolute Gasteiger partial charge is 0.191 e. The predicted octanol–water partition coefficient (Wildman–Crippen LogP) is 3.82. The van der Waals surface area contributed by atoms with Gasteiger partial charge in [-0.15, -0.1) is 0 Å². The van der Waals surface area contributed by atoms with Crippen molar-refractivity contribution in [1.29, 1.82) is 0 Å². The molecule has 114 valence electrons. The summed E-state index contributed by atoms with van der Waals surface area (Å²) in [5.74, 6) is 0.978. The first-order valence-corrected chi connectivity index (χ1v) is 6.90. The number of allylic oxidation sites excluding steroid dienone is 1. The van der Waals surface area contributed by atoms with Gasteiger partial charge in [0.1, 0.15) is 11.5 Å². The summed E-state index contributed by atoms with van der Waals surface area (Å²) in [5.41, 5.74) is 2.55. The van der Waals surface area contributed by atoms with E-state index in [1.54, 1.807) is 31.5 Å². The van der Waals surface area contributed by atoms with Gasteiger partial charge >= 0.3 is 0 Å². The molecule has 2 aromatic carbocycles. The van der Waals surface area contributed by atoms with Crippen LogP contribution in [0.5, 0.6) is 11.5 Å². The predicted molar refractivity (Wildman–Crippen MR) is 87.8 cm³/mol. The first-order chi connectivity index (χ1) is 10.6. The summed E-state index contributed by atoms with van der Waals surface area (Å²) < 4.78 is 10.4. The number of rotatable bonds is 6. The average Bonchev–Trinajstić information content (AvgIpc) is 2.54. The number of carbonyl (C=O) groups is 1. The van der Waals surface area contributed by atoms with Crippen LogP contribution in [0.2, 0.25) is 0 Å². The van der Waals surface area contributed by atoms with Crippen molar-refractivity contribution in [3.63, 3.8) is 0 Å². The van der Waals surface area contributed by atoms with E-state index in [9.17, 15) is 4.79 Å². The average molecular weight is 297 g/mol. The van der Waals surface area contributed by atoms with Crippen molar-refractivity contribution in [2.75, 3.05) is 19.5 Å². The quantitative estimate of drug-likeness (QED) is 0.650. The lowest BCUT2D eigenvalue weighted by Gasteiger charge is -2.08. The molecule has 0 radical (unpaired) electrons. The fourth-order valence-electron chi connectivity index (χ4n) is 2.04. The molecule has 0 aliphatic rings. The molecule has 1 N–H and O–H groups in total. The van der Waals surface area contributed by atoms with E-state index < -0.39 is 0 Å². The molecule has 0 aliphatic heterocycles. The van der Waals surface area contributed by atoms with Crippen molar-refractivity contribution in [3.8, 4) is 11.5 Å². The summed E-state index contributed by atoms with van der Waals surface area (Å²) in [6.07, 6.45) is 3.09. The van der Waals surface area contributed by atoms with Crippen LogP contribution in [0.1, 0.15) is 15.9 Å². The third-order valence-corrected chi connectivity index (χ3v) is 3.17. The van der Waals surface area contributed by atoms with Gasteiger partial charge in [0.2, 0.25) is 0 Å². The molecule has 4 heteroatoms. The molecule has 0 heterocycles. The fraction of sp³-hybridized carbons (Fsp3) is 0.167. The number of hydrogen-bond acceptors (Lipinski definition) is 4. The van der Waals surface area contributed by atoms with E-state index in [1.807, 2.05) is 31.2 Å². The SMILES string of the molecule is COc1ccc(OC)c(C(=O)/C=C/Nc2cccc(C)c2)c1. The van der Waals surface area contributed by atoms with E-state index in [-0.39, 0.29) is 5.78 Å². The lowest BCUT2D eigenvalue weighted by Crippen LogP contribution is -2.01. The molecule has 0 unspecified atom stereocenters. The summed E-state index contributed by atoms with van der Waals surface area (Å²) in [6.45, 7) is 2.02. The van der Waals surface area contributed by atoms with Gasteiger partial charge in [-0.1, -0.05) is 12.1 Å². The number of nitrogens with one attached hydrogen (secondary N) is 1. The monoisotopic (exact) mass is 297 g/mol. The summed E-state index contributed by atoms with van der Waals surface area (Å²) in [4.78, 5) is 12.3. The van der Waals surface area contributed by atoms with E-state index in [4.69, 9.17) is 9.47 Å². The van der Waals surface area contributed by atoms with E-state index in [1.165, 1.54) is 13.2 Å². The van der Waals surface area contributed by atoms with Crippen molar-refractivity contribution in [1.82, 2.24) is 0 Å². The number of methoxy groups -OCH3 is 2. The van der Waals surface area contributed by atoms with Crippen molar-refractivity contribution in [3.05, 3.63) is 65.9 Å². The summed E-state index contributed by atoms with van der Waals surface area (Å²) >= 11 is 0. The molecular weight excluding hydrogens is 278 g/mol. The number of ketones is 1. The van der Waals surface area contributed by atoms with Crippen molar-refractivity contribution in [2.45, 2.75) is 6.92 Å². The molecule has 0 atom stereocenters. The van der Waals surface area contributed by atoms with Gasteiger partial charge in [0.15, 0.2) is 5.78 Å². The number of hydrogen-bond donors (Lipinski definition) is 1. The van der Waals surface area contributed by atoms with Gasteiger partial charge in [0.05, 0.1) is 19.8 Å². The number of anilines is 1. The first kappa shape index (κ1) is 15.6. The number of aryl methyl sites for hydroxylation is 1. The second-order valence-corrected chi connectivity index (χ2v) is 4.78. The highest BCUT2D eigenvalue weighted by Gasteiger charge is 2.10. The van der Waals surface area contributed by atoms with Gasteiger partial charge in [-0.25, -0.2) is 0 Å². The highest BCUT2D eigenvalue weighted by Crippen LogP contribution is 2.24. The Balaban J connectivity index is 2.13. The zero-order valence-electron chi connectivity index (χ0n) is 12.9. The van der Waals surface area contributed by atoms with Crippen LogP contribution in [0.25, 0.3) is 0 Å². The lowest BCUT2D eigenvalue weighted by molar-refractivity contribution is 0.104. The number of benzene rings is 2. The number of ether oxygens (including phenoxy) is 2. The van der Waals surface area contributed by atoms with Crippen molar-refractivity contribution < 1.29 is 14.3 Å². The molecule has 0 aliphatic carbocycles. The first-order valence-electron chi connectivity index (χ1n) is 6.90. The standard InChI is InChI=1S/C18H19NO3/c1-13-5-4-6-14(11-13)19-10-9-17(20)16-12-15(21-2)7-8-18(16)22-3/h4-12,19H,1-3H3/b10-9+. The Bertz CT molecular complexity index is 692. The maximum absolute atomic E-state index is 12.3. The summed E-state index contributed by atoms with van der Waals surface area (Å²) in [7, 11) is 3.10. The molecule has 0 spiro atoms. The Morgan fingerprint density at radius 2 is 1.91 bits per heavy atom. The second-order valence-electron chi connectivity index (χ2n) is 4.78. The molecule has 0 amide bonds. The Hall–Kier alpha value is -2.75. The van der Waals surface area contributed by atoms with Gasteiger partial charge in [0.25, 0.3) is 0 Å². The Morgan fingerprint density at radius 3 is 2.59 bits per heavy atom. The van der Waals surface area contributed by atoms with Crippen molar-refractivity contribution >= 4 is 11.5 Å². The van der Waals surface area contributed by atoms with E-state index in [2.05, 4.69) is 5.32 Å². The Labute approximate surface area is 130 Å². The van der Waals surface area contributed by atoms with Gasteiger partial charge in [-0.3, -0.25) is 4.79 Å². The normalized spacial score (nSPS) is 10.5. The molecule has 22 heavy (non-hydrogen) atoms. The van der Waals surface area contributed by atoms with Crippen LogP contribution in [0.3, 0.4) is 0 Å². The summed E-state index contributed by atoms with van der Waals surface area (Å²) in [5, 5.41) is 3.08. The summed E-state index contributed by atoms with van der Waals surface area (Å²) in [6, 6.07) is 13.0. The van der Waals surface area contributed by atoms with Crippen LogP contribution >= 0.6 is 0 Å². The lowest BCUT2D eigenvalue weighted by atomic mass is 10.1. The van der Waals surface area contributed by atoms with Gasteiger partial charge in [-0.2, -0.15) is 0 Å². The Kier molecular flexibility index (Phi) is 5.20. The maximum atomic E-state index is 12.3. The Morgan fingerprint density at radius 1 is 1.09 bits per heavy atom. The molecule has 4 nitrogen and oxygen atoms in total. The molecule has 2 aromatic rings. The van der Waals surface area contributed by atoms with Crippen molar-refractivity contribution in [2.24, 2.45) is 0 Å². The van der Waals surface area contributed by atoms with Crippen LogP contribution < -0.4 is 14.8 Å². The third-order valence-electron chi connectivity index (χ3n) is 3.17. The van der Waals surface area contributed by atoms with Gasteiger partial charge in [0, 0.05) is 18.0 Å². The molecule has 0 saturated heterocycles. The van der Waals surface area contributed by atoms with Crippen LogP contribution in [0.4, 0.5) is 5.69 Å². The van der Waals surface area contributed by atoms with Gasteiger partial charge < -0.3 is 14.8 Å². The minimum atomic E-state index is -0.157. The molecule has 2 rings (SSSR count). The number of carbonyl (C=O) groups excluding carboxylic acids is 1. The van der Waals surface area contributed by atoms with E-state index in [0.29, 0.717) is 17.1 Å². The highest BCUT2D eigenvalue weighted by molar-refractivity contribution is 6.06. The van der Waals surface area contributed by atoms with Crippen LogP contribution in [0, 0.1) is 6.92 Å². The second kappa shape index (κ2) is 7.31. The van der Waals surface area contributed by atoms with Crippen LogP contribution in [-0.2, 0) is 0 Å². The molecule has 0 saturated carbocycles. The topological polar surface area (TPSA) is 47.6 Å². The molecular formula is C18H19NO3. The van der Waals surface area contributed by atoms with E-state index >= 15 is 0 Å². The fourth-order valence-corrected chi connectivity index (χ4v) is 2.04. The molecule has 0 bridgehead atoms. The minimum Gasteiger partial charge on any atom is -0.497 e. The zero-order valence-corrected chi connectivity index (χ0v) is 12.9. The van der Waals surface area contributed by atoms with E-state index in [0.717, 1.165) is 11.3 Å². The highest BCUT2D eigenvalue weighted by atomic mass is 16.5. The van der Waals surface area contributed by atoms with Gasteiger partial charge in [-0.05, 0) is 42.8 Å². The van der Waals surface area contributed by atoms with Crippen LogP contribution in [0.15, 0.2) is 54.7 Å². The van der Waals surface area contributed by atoms with Crippen LogP contribution in [-0.4, -0.2) is 20.0 Å².